The number of nitrogens with one attached hydrogen (secondary N) is 1. The standard InChI is InChI=1S/C23H23Cl2NO3/c1-3-28-23-12-16(14-26-18-9-11-21(27-2)20(25)13-18)8-10-22(23)29-15-17-6-4-5-7-19(17)24/h4-13,26H,3,14-15H2,1-2H3. The first-order chi connectivity index (χ1) is 14.1. The summed E-state index contributed by atoms with van der Waals surface area (Å²) >= 11 is 12.4. The van der Waals surface area contributed by atoms with E-state index in [4.69, 9.17) is 37.4 Å². The molecule has 152 valence electrons. The van der Waals surface area contributed by atoms with Crippen LogP contribution in [0.1, 0.15) is 18.1 Å². The van der Waals surface area contributed by atoms with Crippen molar-refractivity contribution in [3.05, 3.63) is 81.8 Å². The smallest absolute Gasteiger partial charge is 0.161 e. The third-order valence-corrected chi connectivity index (χ3v) is 4.96. The van der Waals surface area contributed by atoms with Crippen molar-refractivity contribution in [3.63, 3.8) is 0 Å². The fraction of sp³-hybridized carbons (Fsp3) is 0.217. The molecule has 0 saturated heterocycles. The van der Waals surface area contributed by atoms with Gasteiger partial charge < -0.3 is 19.5 Å². The van der Waals surface area contributed by atoms with Crippen molar-refractivity contribution in [3.8, 4) is 17.2 Å². The van der Waals surface area contributed by atoms with E-state index in [1.807, 2.05) is 67.6 Å². The molecule has 0 bridgehead atoms. The molecule has 1 N–H and O–H groups in total. The normalized spacial score (nSPS) is 10.5. The highest BCUT2D eigenvalue weighted by Gasteiger charge is 2.09. The third-order valence-electron chi connectivity index (χ3n) is 4.30. The second-order valence-corrected chi connectivity index (χ2v) is 7.11. The van der Waals surface area contributed by atoms with Gasteiger partial charge in [0.2, 0.25) is 0 Å². The van der Waals surface area contributed by atoms with Crippen molar-refractivity contribution in [2.75, 3.05) is 19.0 Å². The Labute approximate surface area is 181 Å². The van der Waals surface area contributed by atoms with Crippen molar-refractivity contribution in [2.45, 2.75) is 20.1 Å². The molecule has 0 unspecified atom stereocenters. The summed E-state index contributed by atoms with van der Waals surface area (Å²) in [6.45, 7) is 3.49. The molecule has 3 aromatic rings. The van der Waals surface area contributed by atoms with E-state index in [2.05, 4.69) is 5.32 Å². The van der Waals surface area contributed by atoms with Gasteiger partial charge in [-0.05, 0) is 48.9 Å². The zero-order valence-electron chi connectivity index (χ0n) is 16.4. The topological polar surface area (TPSA) is 39.7 Å². The average molecular weight is 432 g/mol. The minimum absolute atomic E-state index is 0.377. The first-order valence-electron chi connectivity index (χ1n) is 9.30. The Bertz CT molecular complexity index is 963. The monoisotopic (exact) mass is 431 g/mol. The minimum Gasteiger partial charge on any atom is -0.495 e. The number of methoxy groups -OCH3 is 1. The first-order valence-corrected chi connectivity index (χ1v) is 10.1. The van der Waals surface area contributed by atoms with E-state index in [1.165, 1.54) is 0 Å². The minimum atomic E-state index is 0.377. The second-order valence-electron chi connectivity index (χ2n) is 6.30. The number of rotatable bonds is 9. The van der Waals surface area contributed by atoms with Gasteiger partial charge in [-0.25, -0.2) is 0 Å². The van der Waals surface area contributed by atoms with Crippen LogP contribution in [0, 0.1) is 0 Å². The summed E-state index contributed by atoms with van der Waals surface area (Å²) in [5.41, 5.74) is 2.90. The zero-order valence-corrected chi connectivity index (χ0v) is 17.9. The van der Waals surface area contributed by atoms with E-state index in [-0.39, 0.29) is 0 Å². The van der Waals surface area contributed by atoms with Gasteiger partial charge >= 0.3 is 0 Å². The predicted octanol–water partition coefficient (Wildman–Crippen LogP) is 6.59. The third kappa shape index (κ3) is 5.72. The summed E-state index contributed by atoms with van der Waals surface area (Å²) in [6, 6.07) is 19.1. The molecule has 0 aliphatic rings. The van der Waals surface area contributed by atoms with Crippen molar-refractivity contribution in [2.24, 2.45) is 0 Å². The van der Waals surface area contributed by atoms with Gasteiger partial charge in [-0.2, -0.15) is 0 Å². The van der Waals surface area contributed by atoms with E-state index in [9.17, 15) is 0 Å². The van der Waals surface area contributed by atoms with Crippen molar-refractivity contribution in [1.29, 1.82) is 0 Å². The van der Waals surface area contributed by atoms with Gasteiger partial charge in [0.1, 0.15) is 12.4 Å². The summed E-state index contributed by atoms with van der Waals surface area (Å²) in [6.07, 6.45) is 0. The molecule has 0 radical (unpaired) electrons. The highest BCUT2D eigenvalue weighted by Crippen LogP contribution is 2.31. The largest absolute Gasteiger partial charge is 0.495 e. The molecule has 0 aliphatic carbocycles. The van der Waals surface area contributed by atoms with Crippen LogP contribution in [0.5, 0.6) is 17.2 Å². The first kappa shape index (κ1) is 21.2. The number of benzene rings is 3. The van der Waals surface area contributed by atoms with Crippen LogP contribution in [0.4, 0.5) is 5.69 Å². The maximum absolute atomic E-state index is 6.21. The van der Waals surface area contributed by atoms with Crippen LogP contribution in [-0.2, 0) is 13.2 Å². The molecule has 0 saturated carbocycles. The van der Waals surface area contributed by atoms with Crippen LogP contribution in [0.15, 0.2) is 60.7 Å². The van der Waals surface area contributed by atoms with Gasteiger partial charge in [0, 0.05) is 22.8 Å². The van der Waals surface area contributed by atoms with E-state index in [0.717, 1.165) is 16.8 Å². The maximum atomic E-state index is 6.21. The summed E-state index contributed by atoms with van der Waals surface area (Å²) < 4.78 is 16.9. The van der Waals surface area contributed by atoms with E-state index in [1.54, 1.807) is 7.11 Å². The van der Waals surface area contributed by atoms with Gasteiger partial charge in [-0.15, -0.1) is 0 Å². The average Bonchev–Trinajstić information content (AvgIpc) is 2.73. The number of ether oxygens (including phenoxy) is 3. The van der Waals surface area contributed by atoms with Crippen molar-refractivity contribution >= 4 is 28.9 Å². The highest BCUT2D eigenvalue weighted by atomic mass is 35.5. The van der Waals surface area contributed by atoms with Crippen molar-refractivity contribution < 1.29 is 14.2 Å². The Morgan fingerprint density at radius 3 is 2.34 bits per heavy atom. The molecule has 0 fully saturated rings. The molecule has 0 aliphatic heterocycles. The van der Waals surface area contributed by atoms with Crippen LogP contribution >= 0.6 is 23.2 Å². The number of halogens is 2. The molecule has 3 rings (SSSR count). The summed E-state index contributed by atoms with van der Waals surface area (Å²) in [5, 5.41) is 4.60. The zero-order chi connectivity index (χ0) is 20.6. The van der Waals surface area contributed by atoms with Crippen LogP contribution < -0.4 is 19.5 Å². The number of anilines is 1. The van der Waals surface area contributed by atoms with Gasteiger partial charge in [-0.1, -0.05) is 47.5 Å². The maximum Gasteiger partial charge on any atom is 0.161 e. The van der Waals surface area contributed by atoms with Crippen LogP contribution in [0.3, 0.4) is 0 Å². The fourth-order valence-corrected chi connectivity index (χ4v) is 3.25. The molecular weight excluding hydrogens is 409 g/mol. The summed E-state index contributed by atoms with van der Waals surface area (Å²) in [7, 11) is 1.60. The Hall–Kier alpha value is -2.56. The van der Waals surface area contributed by atoms with E-state index < -0.39 is 0 Å². The molecule has 0 amide bonds. The predicted molar refractivity (Wildman–Crippen MR) is 119 cm³/mol. The fourth-order valence-electron chi connectivity index (χ4n) is 2.80. The molecule has 0 atom stereocenters. The lowest BCUT2D eigenvalue weighted by atomic mass is 10.2. The summed E-state index contributed by atoms with van der Waals surface area (Å²) in [4.78, 5) is 0. The van der Waals surface area contributed by atoms with Crippen molar-refractivity contribution in [1.82, 2.24) is 0 Å². The molecule has 29 heavy (non-hydrogen) atoms. The molecule has 3 aromatic carbocycles. The lowest BCUT2D eigenvalue weighted by Crippen LogP contribution is -2.03. The Balaban J connectivity index is 1.68. The van der Waals surface area contributed by atoms with Crippen LogP contribution in [-0.4, -0.2) is 13.7 Å². The molecule has 0 spiro atoms. The summed E-state index contributed by atoms with van der Waals surface area (Å²) in [5.74, 6) is 2.03. The van der Waals surface area contributed by atoms with E-state index >= 15 is 0 Å². The number of hydrogen-bond acceptors (Lipinski definition) is 4. The Morgan fingerprint density at radius 1 is 0.828 bits per heavy atom. The highest BCUT2D eigenvalue weighted by molar-refractivity contribution is 6.32. The van der Waals surface area contributed by atoms with Gasteiger partial charge in [0.15, 0.2) is 11.5 Å². The molecular formula is C23H23Cl2NO3. The van der Waals surface area contributed by atoms with Crippen LogP contribution in [0.2, 0.25) is 10.0 Å². The number of hydrogen-bond donors (Lipinski definition) is 1. The Morgan fingerprint density at radius 2 is 1.62 bits per heavy atom. The van der Waals surface area contributed by atoms with Gasteiger partial charge in [0.05, 0.1) is 18.7 Å². The van der Waals surface area contributed by atoms with Crippen LogP contribution in [0.25, 0.3) is 0 Å². The molecule has 0 heterocycles. The van der Waals surface area contributed by atoms with Gasteiger partial charge in [-0.3, -0.25) is 0 Å². The second kappa shape index (κ2) is 10.3. The lowest BCUT2D eigenvalue weighted by Gasteiger charge is -2.15. The molecule has 6 heteroatoms. The van der Waals surface area contributed by atoms with E-state index in [0.29, 0.717) is 47.1 Å². The Kier molecular flexibility index (Phi) is 7.50. The molecule has 0 aromatic heterocycles. The van der Waals surface area contributed by atoms with Gasteiger partial charge in [0.25, 0.3) is 0 Å². The molecule has 4 nitrogen and oxygen atoms in total. The quantitative estimate of drug-likeness (QED) is 0.414. The lowest BCUT2D eigenvalue weighted by molar-refractivity contribution is 0.269. The SMILES string of the molecule is CCOc1cc(CNc2ccc(OC)c(Cl)c2)ccc1OCc1ccccc1Cl.